The van der Waals surface area contributed by atoms with Gasteiger partial charge in [-0.3, -0.25) is 9.89 Å². The molecule has 0 aliphatic carbocycles. The monoisotopic (exact) mass is 180 g/mol. The second kappa shape index (κ2) is 3.64. The number of nitrogens with two attached hydrogens (primary N) is 1. The largest absolute Gasteiger partial charge is 0.322 e. The molecule has 0 saturated heterocycles. The summed E-state index contributed by atoms with van der Waals surface area (Å²) in [6, 6.07) is 0.440. The highest BCUT2D eigenvalue weighted by Crippen LogP contribution is 2.10. The van der Waals surface area contributed by atoms with Gasteiger partial charge in [-0.15, -0.1) is 6.58 Å². The van der Waals surface area contributed by atoms with E-state index in [-0.39, 0.29) is 5.92 Å². The summed E-state index contributed by atoms with van der Waals surface area (Å²) in [5.41, 5.74) is 5.79. The van der Waals surface area contributed by atoms with E-state index in [0.717, 1.165) is 18.2 Å². The molecule has 0 amide bonds. The Morgan fingerprint density at radius 1 is 1.69 bits per heavy atom. The molecule has 0 bridgehead atoms. The number of hydrogen-bond donors (Lipinski definition) is 2. The van der Waals surface area contributed by atoms with Crippen LogP contribution in [0.4, 0.5) is 0 Å². The van der Waals surface area contributed by atoms with Gasteiger partial charge in [0, 0.05) is 0 Å². The van der Waals surface area contributed by atoms with Crippen LogP contribution >= 0.6 is 0 Å². The Bertz CT molecular complexity index is 253. The lowest BCUT2D eigenvalue weighted by Crippen LogP contribution is -2.81. The van der Waals surface area contributed by atoms with Crippen LogP contribution in [0.1, 0.15) is 13.8 Å². The third-order valence-corrected chi connectivity index (χ3v) is 2.34. The van der Waals surface area contributed by atoms with Gasteiger partial charge < -0.3 is 5.73 Å². The molecular weight excluding hydrogens is 162 g/mol. The van der Waals surface area contributed by atoms with Crippen LogP contribution in [0.3, 0.4) is 0 Å². The number of nitrogens with one attached hydrogen (secondary N) is 1. The summed E-state index contributed by atoms with van der Waals surface area (Å²) >= 11 is 0. The summed E-state index contributed by atoms with van der Waals surface area (Å²) in [6.45, 7) is 12.8. The molecule has 72 valence electrons. The lowest BCUT2D eigenvalue weighted by Gasteiger charge is -2.29. The van der Waals surface area contributed by atoms with Crippen LogP contribution in [-0.2, 0) is 0 Å². The summed E-state index contributed by atoms with van der Waals surface area (Å²) in [7, 11) is 0. The Hall–Kier alpha value is -1.25. The SMILES string of the molecule is C=CC1CN(C(C)C)C(=C)[NH+]=C1N. The van der Waals surface area contributed by atoms with Crippen molar-refractivity contribution in [1.82, 2.24) is 4.90 Å². The van der Waals surface area contributed by atoms with Gasteiger partial charge in [0.25, 0.3) is 0 Å². The number of amidine groups is 1. The Morgan fingerprint density at radius 2 is 2.31 bits per heavy atom. The zero-order valence-corrected chi connectivity index (χ0v) is 8.38. The summed E-state index contributed by atoms with van der Waals surface area (Å²) in [5, 5.41) is 0. The molecule has 3 heteroatoms. The van der Waals surface area contributed by atoms with Crippen LogP contribution in [0.25, 0.3) is 0 Å². The second-order valence-corrected chi connectivity index (χ2v) is 3.62. The molecule has 1 heterocycles. The first-order valence-corrected chi connectivity index (χ1v) is 4.53. The molecule has 1 atom stereocenters. The molecule has 0 fully saturated rings. The predicted molar refractivity (Wildman–Crippen MR) is 54.8 cm³/mol. The van der Waals surface area contributed by atoms with E-state index < -0.39 is 0 Å². The highest BCUT2D eigenvalue weighted by molar-refractivity contribution is 5.79. The van der Waals surface area contributed by atoms with Crippen LogP contribution < -0.4 is 10.7 Å². The van der Waals surface area contributed by atoms with Crippen molar-refractivity contribution < 1.29 is 4.99 Å². The maximum Gasteiger partial charge on any atom is 0.214 e. The molecule has 1 rings (SSSR count). The Morgan fingerprint density at radius 3 is 2.77 bits per heavy atom. The lowest BCUT2D eigenvalue weighted by molar-refractivity contribution is -0.433. The van der Waals surface area contributed by atoms with E-state index >= 15 is 0 Å². The first-order chi connectivity index (χ1) is 6.06. The van der Waals surface area contributed by atoms with Crippen LogP contribution in [0.5, 0.6) is 0 Å². The first kappa shape index (κ1) is 9.84. The van der Waals surface area contributed by atoms with Gasteiger partial charge in [-0.2, -0.15) is 0 Å². The fraction of sp³-hybridized carbons (Fsp3) is 0.500. The quantitative estimate of drug-likeness (QED) is 0.558. The van der Waals surface area contributed by atoms with Crippen LogP contribution in [0.15, 0.2) is 25.1 Å². The molecular formula is C10H18N3+. The molecule has 0 aromatic carbocycles. The standard InChI is InChI=1S/C10H17N3/c1-5-9-6-13(7(2)3)8(4)12-10(9)11/h5,7,9H,1,4,6H2,2-3H3,(H2,11,12)/p+1. The zero-order chi connectivity index (χ0) is 10.0. The fourth-order valence-electron chi connectivity index (χ4n) is 1.48. The van der Waals surface area contributed by atoms with Gasteiger partial charge in [-0.05, 0) is 20.4 Å². The minimum Gasteiger partial charge on any atom is -0.322 e. The van der Waals surface area contributed by atoms with Gasteiger partial charge >= 0.3 is 0 Å². The molecule has 3 N–H and O–H groups in total. The predicted octanol–water partition coefficient (Wildman–Crippen LogP) is -0.578. The molecule has 1 aliphatic heterocycles. The number of hydrogen-bond acceptors (Lipinski definition) is 2. The first-order valence-electron chi connectivity index (χ1n) is 4.53. The zero-order valence-electron chi connectivity index (χ0n) is 8.38. The van der Waals surface area contributed by atoms with E-state index in [1.807, 2.05) is 6.08 Å². The van der Waals surface area contributed by atoms with Crippen molar-refractivity contribution in [2.24, 2.45) is 11.7 Å². The minimum absolute atomic E-state index is 0.216. The van der Waals surface area contributed by atoms with Crippen LogP contribution in [-0.4, -0.2) is 23.3 Å². The molecule has 0 radical (unpaired) electrons. The van der Waals surface area contributed by atoms with Gasteiger partial charge in [-0.1, -0.05) is 6.08 Å². The van der Waals surface area contributed by atoms with E-state index in [2.05, 4.69) is 36.9 Å². The van der Waals surface area contributed by atoms with Gasteiger partial charge in [0.1, 0.15) is 0 Å². The van der Waals surface area contributed by atoms with E-state index in [4.69, 9.17) is 5.73 Å². The Balaban J connectivity index is 2.86. The van der Waals surface area contributed by atoms with Crippen molar-refractivity contribution in [1.29, 1.82) is 0 Å². The smallest absolute Gasteiger partial charge is 0.214 e. The summed E-state index contributed by atoms with van der Waals surface area (Å²) in [6.07, 6.45) is 1.87. The van der Waals surface area contributed by atoms with E-state index in [0.29, 0.717) is 6.04 Å². The third kappa shape index (κ3) is 1.91. The molecule has 1 aliphatic rings. The lowest BCUT2D eigenvalue weighted by atomic mass is 10.1. The molecule has 3 nitrogen and oxygen atoms in total. The maximum atomic E-state index is 5.79. The minimum atomic E-state index is 0.216. The average molecular weight is 180 g/mol. The van der Waals surface area contributed by atoms with Gasteiger partial charge in [0.15, 0.2) is 0 Å². The van der Waals surface area contributed by atoms with Crippen molar-refractivity contribution in [3.63, 3.8) is 0 Å². The van der Waals surface area contributed by atoms with Crippen molar-refractivity contribution in [2.45, 2.75) is 19.9 Å². The van der Waals surface area contributed by atoms with Crippen LogP contribution in [0.2, 0.25) is 0 Å². The summed E-state index contributed by atoms with van der Waals surface area (Å²) < 4.78 is 0. The van der Waals surface area contributed by atoms with E-state index in [1.165, 1.54) is 0 Å². The maximum absolute atomic E-state index is 5.79. The van der Waals surface area contributed by atoms with E-state index in [1.54, 1.807) is 0 Å². The Labute approximate surface area is 79.6 Å². The third-order valence-electron chi connectivity index (χ3n) is 2.34. The molecule has 13 heavy (non-hydrogen) atoms. The molecule has 0 aromatic rings. The van der Waals surface area contributed by atoms with Crippen LogP contribution in [0, 0.1) is 5.92 Å². The van der Waals surface area contributed by atoms with Gasteiger partial charge in [0.2, 0.25) is 11.7 Å². The highest BCUT2D eigenvalue weighted by atomic mass is 15.3. The molecule has 0 aromatic heterocycles. The van der Waals surface area contributed by atoms with Crippen molar-refractivity contribution in [2.75, 3.05) is 6.54 Å². The summed E-state index contributed by atoms with van der Waals surface area (Å²) in [5.74, 6) is 1.84. The molecule has 0 spiro atoms. The average Bonchev–Trinajstić information content (AvgIpc) is 2.03. The Kier molecular flexibility index (Phi) is 2.76. The van der Waals surface area contributed by atoms with Gasteiger partial charge in [-0.25, -0.2) is 0 Å². The van der Waals surface area contributed by atoms with E-state index in [9.17, 15) is 0 Å². The number of nitrogens with zero attached hydrogens (tertiary/aromatic N) is 1. The molecule has 1 unspecified atom stereocenters. The van der Waals surface area contributed by atoms with Crippen molar-refractivity contribution in [3.8, 4) is 0 Å². The molecule has 0 saturated carbocycles. The van der Waals surface area contributed by atoms with Crippen molar-refractivity contribution >= 4 is 5.84 Å². The second-order valence-electron chi connectivity index (χ2n) is 3.62. The fourth-order valence-corrected chi connectivity index (χ4v) is 1.48. The topological polar surface area (TPSA) is 43.2 Å². The normalized spacial score (nSPS) is 23.3. The van der Waals surface area contributed by atoms with Gasteiger partial charge in [0.05, 0.1) is 18.5 Å². The van der Waals surface area contributed by atoms with Crippen molar-refractivity contribution in [3.05, 3.63) is 25.1 Å². The highest BCUT2D eigenvalue weighted by Gasteiger charge is 2.28. The number of rotatable bonds is 2. The summed E-state index contributed by atoms with van der Waals surface area (Å²) in [4.78, 5) is 5.25.